The molecule has 0 saturated carbocycles. The molecule has 0 bridgehead atoms. The lowest BCUT2D eigenvalue weighted by atomic mass is 10.0. The summed E-state index contributed by atoms with van der Waals surface area (Å²) >= 11 is 3.15. The van der Waals surface area contributed by atoms with E-state index < -0.39 is 19.6 Å². The van der Waals surface area contributed by atoms with Crippen molar-refractivity contribution >= 4 is 31.5 Å². The zero-order valence-corrected chi connectivity index (χ0v) is 12.1. The van der Waals surface area contributed by atoms with Crippen molar-refractivity contribution in [3.63, 3.8) is 0 Å². The van der Waals surface area contributed by atoms with Crippen molar-refractivity contribution in [1.82, 2.24) is 0 Å². The molecule has 0 aliphatic heterocycles. The van der Waals surface area contributed by atoms with Crippen molar-refractivity contribution in [2.45, 2.75) is 23.1 Å². The molecule has 0 aliphatic rings. The van der Waals surface area contributed by atoms with E-state index in [-0.39, 0.29) is 6.42 Å². The van der Waals surface area contributed by atoms with Gasteiger partial charge in [0.2, 0.25) is 0 Å². The first kappa shape index (κ1) is 14.5. The molecule has 0 heterocycles. The van der Waals surface area contributed by atoms with Gasteiger partial charge in [0, 0.05) is 11.9 Å². The Balaban J connectivity index is 3.24. The van der Waals surface area contributed by atoms with Crippen molar-refractivity contribution < 1.29 is 13.5 Å². The second-order valence-electron chi connectivity index (χ2n) is 3.98. The van der Waals surface area contributed by atoms with Crippen LogP contribution >= 0.6 is 15.9 Å². The third kappa shape index (κ3) is 2.81. The maximum atomic E-state index is 11.7. The minimum absolute atomic E-state index is 0.252. The molecule has 0 radical (unpaired) electrons. The van der Waals surface area contributed by atoms with Crippen molar-refractivity contribution in [3.8, 4) is 0 Å². The number of aliphatic hydroxyl groups excluding tert-OH is 1. The Kier molecular flexibility index (Phi) is 4.22. The van der Waals surface area contributed by atoms with Gasteiger partial charge < -0.3 is 10.8 Å². The molecule has 6 heteroatoms. The van der Waals surface area contributed by atoms with E-state index in [1.54, 1.807) is 31.2 Å². The van der Waals surface area contributed by atoms with Crippen LogP contribution in [0.5, 0.6) is 0 Å². The predicted octanol–water partition coefficient (Wildman–Crippen LogP) is 1.85. The average Bonchev–Trinajstić information content (AvgIpc) is 2.25. The Morgan fingerprint density at radius 2 is 2.12 bits per heavy atom. The molecule has 1 rings (SSSR count). The van der Waals surface area contributed by atoms with Crippen LogP contribution in [0.25, 0.3) is 0 Å². The maximum absolute atomic E-state index is 11.7. The molecule has 1 aromatic rings. The summed E-state index contributed by atoms with van der Waals surface area (Å²) in [5.74, 6) is 0. The second kappa shape index (κ2) is 4.96. The lowest BCUT2D eigenvalue weighted by Crippen LogP contribution is -2.37. The Bertz CT molecular complexity index is 503. The Hall–Kier alpha value is -0.590. The largest absolute Gasteiger partial charge is 0.399 e. The number of nitrogen functional groups attached to an aromatic ring is 1. The van der Waals surface area contributed by atoms with Crippen LogP contribution < -0.4 is 5.73 Å². The van der Waals surface area contributed by atoms with Gasteiger partial charge in [0.1, 0.15) is 6.10 Å². The fourth-order valence-electron chi connectivity index (χ4n) is 1.64. The number of sulfone groups is 1. The molecule has 0 aromatic heterocycles. The maximum Gasteiger partial charge on any atom is 0.166 e. The lowest BCUT2D eigenvalue weighted by Gasteiger charge is -2.30. The number of benzene rings is 1. The van der Waals surface area contributed by atoms with Crippen LogP contribution in [-0.2, 0) is 9.84 Å². The highest BCUT2D eigenvalue weighted by atomic mass is 79.9. The monoisotopic (exact) mass is 321 g/mol. The molecular formula is C11H16BrNO3S. The van der Waals surface area contributed by atoms with Gasteiger partial charge in [0.25, 0.3) is 0 Å². The molecule has 17 heavy (non-hydrogen) atoms. The molecular weight excluding hydrogens is 306 g/mol. The van der Waals surface area contributed by atoms with E-state index in [0.29, 0.717) is 11.3 Å². The van der Waals surface area contributed by atoms with Crippen LogP contribution in [-0.4, -0.2) is 23.4 Å². The molecule has 0 saturated heterocycles. The van der Waals surface area contributed by atoms with Crippen molar-refractivity contribution in [2.75, 3.05) is 12.0 Å². The first-order valence-electron chi connectivity index (χ1n) is 5.14. The SMILES string of the molecule is CC[C@](Br)([C@@H](O)c1cccc(N)c1)S(C)(=O)=O. The van der Waals surface area contributed by atoms with Gasteiger partial charge >= 0.3 is 0 Å². The molecule has 0 amide bonds. The highest BCUT2D eigenvalue weighted by Crippen LogP contribution is 2.41. The number of nitrogens with two attached hydrogens (primary N) is 1. The van der Waals surface area contributed by atoms with E-state index in [4.69, 9.17) is 5.73 Å². The van der Waals surface area contributed by atoms with E-state index in [0.717, 1.165) is 6.26 Å². The quantitative estimate of drug-likeness (QED) is 0.655. The third-order valence-corrected chi connectivity index (χ3v) is 7.24. The fourth-order valence-corrected chi connectivity index (χ4v) is 2.97. The molecule has 0 spiro atoms. The van der Waals surface area contributed by atoms with Crippen LogP contribution in [0.1, 0.15) is 25.0 Å². The second-order valence-corrected chi connectivity index (χ2v) is 8.20. The topological polar surface area (TPSA) is 80.4 Å². The first-order chi connectivity index (χ1) is 7.72. The van der Waals surface area contributed by atoms with E-state index in [2.05, 4.69) is 15.9 Å². The Labute approximate surface area is 110 Å². The van der Waals surface area contributed by atoms with Crippen molar-refractivity contribution in [1.29, 1.82) is 0 Å². The highest BCUT2D eigenvalue weighted by Gasteiger charge is 2.44. The zero-order chi connectivity index (χ0) is 13.3. The van der Waals surface area contributed by atoms with Gasteiger partial charge in [-0.2, -0.15) is 0 Å². The Morgan fingerprint density at radius 3 is 2.53 bits per heavy atom. The standard InChI is InChI=1S/C11H16BrNO3S/c1-3-11(12,17(2,15)16)10(14)8-5-4-6-9(13)7-8/h4-7,10,14H,3,13H2,1-2H3/t10-,11+/m0/s1. The summed E-state index contributed by atoms with van der Waals surface area (Å²) in [5, 5.41) is 10.2. The molecule has 0 fully saturated rings. The van der Waals surface area contributed by atoms with Crippen molar-refractivity contribution in [3.05, 3.63) is 29.8 Å². The number of halogens is 1. The first-order valence-corrected chi connectivity index (χ1v) is 7.83. The summed E-state index contributed by atoms with van der Waals surface area (Å²) in [5.41, 5.74) is 6.58. The minimum Gasteiger partial charge on any atom is -0.399 e. The van der Waals surface area contributed by atoms with Gasteiger partial charge in [-0.1, -0.05) is 35.0 Å². The molecule has 3 N–H and O–H groups in total. The number of hydrogen-bond acceptors (Lipinski definition) is 4. The molecule has 4 nitrogen and oxygen atoms in total. The highest BCUT2D eigenvalue weighted by molar-refractivity contribution is 9.11. The Morgan fingerprint density at radius 1 is 1.53 bits per heavy atom. The molecule has 0 unspecified atom stereocenters. The summed E-state index contributed by atoms with van der Waals surface area (Å²) < 4.78 is 22.1. The minimum atomic E-state index is -3.45. The van der Waals surface area contributed by atoms with Gasteiger partial charge in [-0.3, -0.25) is 0 Å². The predicted molar refractivity (Wildman–Crippen MR) is 72.6 cm³/mol. The summed E-state index contributed by atoms with van der Waals surface area (Å²) in [6.07, 6.45) is 0.189. The summed E-state index contributed by atoms with van der Waals surface area (Å²) in [4.78, 5) is 0. The number of hydrogen-bond donors (Lipinski definition) is 2. The summed E-state index contributed by atoms with van der Waals surface area (Å²) in [6, 6.07) is 6.58. The number of alkyl halides is 1. The van der Waals surface area contributed by atoms with E-state index in [1.807, 2.05) is 0 Å². The van der Waals surface area contributed by atoms with Crippen LogP contribution in [0, 0.1) is 0 Å². The smallest absolute Gasteiger partial charge is 0.166 e. The van der Waals surface area contributed by atoms with Crippen LogP contribution in [0.2, 0.25) is 0 Å². The molecule has 0 aliphatic carbocycles. The van der Waals surface area contributed by atoms with Gasteiger partial charge in [0.15, 0.2) is 13.5 Å². The number of anilines is 1. The average molecular weight is 322 g/mol. The van der Waals surface area contributed by atoms with Gasteiger partial charge in [-0.15, -0.1) is 0 Å². The molecule has 96 valence electrons. The lowest BCUT2D eigenvalue weighted by molar-refractivity contribution is 0.160. The summed E-state index contributed by atoms with van der Waals surface area (Å²) in [7, 11) is -3.45. The van der Waals surface area contributed by atoms with Crippen LogP contribution in [0.4, 0.5) is 5.69 Å². The fraction of sp³-hybridized carbons (Fsp3) is 0.455. The zero-order valence-electron chi connectivity index (χ0n) is 9.72. The normalized spacial score (nSPS) is 17.4. The molecule has 1 aromatic carbocycles. The van der Waals surface area contributed by atoms with Gasteiger partial charge in [-0.25, -0.2) is 8.42 Å². The third-order valence-electron chi connectivity index (χ3n) is 2.73. The van der Waals surface area contributed by atoms with Gasteiger partial charge in [0.05, 0.1) is 0 Å². The van der Waals surface area contributed by atoms with E-state index in [1.165, 1.54) is 0 Å². The number of aliphatic hydroxyl groups is 1. The van der Waals surface area contributed by atoms with Crippen LogP contribution in [0.3, 0.4) is 0 Å². The van der Waals surface area contributed by atoms with Gasteiger partial charge in [-0.05, 0) is 24.1 Å². The summed E-state index contributed by atoms with van der Waals surface area (Å²) in [6.45, 7) is 1.70. The van der Waals surface area contributed by atoms with E-state index >= 15 is 0 Å². The molecule has 2 atom stereocenters. The van der Waals surface area contributed by atoms with Crippen LogP contribution in [0.15, 0.2) is 24.3 Å². The number of rotatable bonds is 4. The van der Waals surface area contributed by atoms with Crippen molar-refractivity contribution in [2.24, 2.45) is 0 Å². The van der Waals surface area contributed by atoms with E-state index in [9.17, 15) is 13.5 Å².